The molecule has 0 N–H and O–H groups in total. The fourth-order valence-electron chi connectivity index (χ4n) is 5.83. The fraction of sp³-hybridized carbons (Fsp3) is 0.419. The molecule has 2 atom stereocenters. The molecule has 4 aromatic rings. The summed E-state index contributed by atoms with van der Waals surface area (Å²) in [4.78, 5) is 25.2. The van der Waals surface area contributed by atoms with E-state index in [9.17, 15) is 18.0 Å². The maximum atomic E-state index is 14.7. The minimum Gasteiger partial charge on any atom is -0.444 e. The number of likely N-dealkylation sites (tertiary alicyclic amines) is 1. The van der Waals surface area contributed by atoms with Gasteiger partial charge in [-0.2, -0.15) is 5.10 Å². The van der Waals surface area contributed by atoms with Crippen LogP contribution >= 0.6 is 0 Å². The predicted molar refractivity (Wildman–Crippen MR) is 153 cm³/mol. The Kier molecular flexibility index (Phi) is 7.28. The van der Waals surface area contributed by atoms with Gasteiger partial charge in [0.05, 0.1) is 35.9 Å². The molecule has 0 radical (unpaired) electrons. The zero-order chi connectivity index (χ0) is 29.6. The van der Waals surface area contributed by atoms with Crippen LogP contribution in [-0.4, -0.2) is 62.1 Å². The molecular weight excluding hydrogens is 545 g/mol. The lowest BCUT2D eigenvalue weighted by molar-refractivity contribution is 0.0184. The SMILES string of the molecule is CC(C)(C)OC(=O)N1CCC(n2cc(-c3ccnc4ccc(N5C[C@@H](F)C[C@@H]5c5cc(F)ccc5F)nc34)cn2)CC1. The van der Waals surface area contributed by atoms with Crippen LogP contribution in [0.15, 0.2) is 55.0 Å². The van der Waals surface area contributed by atoms with Crippen LogP contribution in [0, 0.1) is 11.6 Å². The van der Waals surface area contributed by atoms with E-state index in [0.29, 0.717) is 29.9 Å². The average Bonchev–Trinajstić information content (AvgIpc) is 3.60. The van der Waals surface area contributed by atoms with E-state index in [1.807, 2.05) is 43.8 Å². The number of halogens is 3. The van der Waals surface area contributed by atoms with Crippen LogP contribution in [-0.2, 0) is 4.74 Å². The van der Waals surface area contributed by atoms with Crippen LogP contribution in [0.3, 0.4) is 0 Å². The first-order chi connectivity index (χ1) is 20.1. The zero-order valence-corrected chi connectivity index (χ0v) is 23.8. The Bertz CT molecular complexity index is 1610. The number of amides is 1. The topological polar surface area (TPSA) is 76.4 Å². The van der Waals surface area contributed by atoms with E-state index in [4.69, 9.17) is 9.72 Å². The van der Waals surface area contributed by atoms with Gasteiger partial charge in [-0.05, 0) is 70.0 Å². The second-order valence-electron chi connectivity index (χ2n) is 12.0. The first kappa shape index (κ1) is 28.0. The molecule has 6 rings (SSSR count). The van der Waals surface area contributed by atoms with Gasteiger partial charge in [-0.25, -0.2) is 22.9 Å². The summed E-state index contributed by atoms with van der Waals surface area (Å²) in [5, 5.41) is 4.63. The quantitative estimate of drug-likeness (QED) is 0.271. The monoisotopic (exact) mass is 578 g/mol. The molecule has 1 aromatic carbocycles. The number of pyridine rings is 2. The number of ether oxygens (including phenoxy) is 1. The highest BCUT2D eigenvalue weighted by Crippen LogP contribution is 2.39. The molecule has 0 bridgehead atoms. The van der Waals surface area contributed by atoms with Gasteiger partial charge in [-0.3, -0.25) is 9.67 Å². The van der Waals surface area contributed by atoms with Gasteiger partial charge in [0, 0.05) is 48.6 Å². The van der Waals surface area contributed by atoms with E-state index >= 15 is 0 Å². The highest BCUT2D eigenvalue weighted by Gasteiger charge is 2.36. The second-order valence-corrected chi connectivity index (χ2v) is 12.0. The van der Waals surface area contributed by atoms with Gasteiger partial charge in [0.1, 0.15) is 29.2 Å². The van der Waals surface area contributed by atoms with Gasteiger partial charge in [-0.1, -0.05) is 0 Å². The molecule has 2 aliphatic heterocycles. The van der Waals surface area contributed by atoms with Crippen molar-refractivity contribution < 1.29 is 22.7 Å². The Labute approximate surface area is 242 Å². The van der Waals surface area contributed by atoms with Gasteiger partial charge in [0.2, 0.25) is 0 Å². The van der Waals surface area contributed by atoms with Gasteiger partial charge in [0.25, 0.3) is 0 Å². The largest absolute Gasteiger partial charge is 0.444 e. The molecule has 42 heavy (non-hydrogen) atoms. The molecule has 0 saturated carbocycles. The second kappa shape index (κ2) is 10.9. The first-order valence-electron chi connectivity index (χ1n) is 14.2. The maximum Gasteiger partial charge on any atom is 0.410 e. The number of anilines is 1. The van der Waals surface area contributed by atoms with Crippen molar-refractivity contribution in [3.05, 3.63) is 72.2 Å². The van der Waals surface area contributed by atoms with Gasteiger partial charge in [-0.15, -0.1) is 0 Å². The van der Waals surface area contributed by atoms with Crippen molar-refractivity contribution >= 4 is 22.9 Å². The smallest absolute Gasteiger partial charge is 0.410 e. The van der Waals surface area contributed by atoms with Gasteiger partial charge in [0.15, 0.2) is 0 Å². The van der Waals surface area contributed by atoms with E-state index in [0.717, 1.165) is 42.2 Å². The van der Waals surface area contributed by atoms with Crippen molar-refractivity contribution in [2.75, 3.05) is 24.5 Å². The molecule has 5 heterocycles. The van der Waals surface area contributed by atoms with Crippen LogP contribution in [0.2, 0.25) is 0 Å². The Balaban J connectivity index is 1.25. The molecule has 2 aliphatic rings. The van der Waals surface area contributed by atoms with E-state index in [2.05, 4.69) is 10.1 Å². The van der Waals surface area contributed by atoms with E-state index < -0.39 is 29.4 Å². The van der Waals surface area contributed by atoms with E-state index in [-0.39, 0.29) is 30.7 Å². The summed E-state index contributed by atoms with van der Waals surface area (Å²) in [5.41, 5.74) is 2.49. The average molecular weight is 579 g/mol. The minimum absolute atomic E-state index is 0.0225. The summed E-state index contributed by atoms with van der Waals surface area (Å²) < 4.78 is 50.8. The normalized spacial score (nSPS) is 20.0. The summed E-state index contributed by atoms with van der Waals surface area (Å²) in [6.45, 7) is 6.75. The van der Waals surface area contributed by atoms with E-state index in [1.165, 1.54) is 0 Å². The summed E-state index contributed by atoms with van der Waals surface area (Å²) in [5.74, 6) is -0.681. The molecule has 3 aromatic heterocycles. The van der Waals surface area contributed by atoms with Crippen molar-refractivity contribution in [2.45, 2.75) is 63.9 Å². The van der Waals surface area contributed by atoms with Crippen molar-refractivity contribution in [2.24, 2.45) is 0 Å². The minimum atomic E-state index is -1.21. The highest BCUT2D eigenvalue weighted by atomic mass is 19.1. The van der Waals surface area contributed by atoms with Crippen LogP contribution in [0.4, 0.5) is 23.8 Å². The van der Waals surface area contributed by atoms with E-state index in [1.54, 1.807) is 28.3 Å². The van der Waals surface area contributed by atoms with Crippen molar-refractivity contribution in [3.8, 4) is 11.1 Å². The van der Waals surface area contributed by atoms with Crippen LogP contribution in [0.5, 0.6) is 0 Å². The number of piperidine rings is 1. The third-order valence-corrected chi connectivity index (χ3v) is 7.83. The molecular formula is C31H33F3N6O2. The van der Waals surface area contributed by atoms with Crippen molar-refractivity contribution in [3.63, 3.8) is 0 Å². The molecule has 0 aliphatic carbocycles. The Morgan fingerprint density at radius 1 is 1.07 bits per heavy atom. The standard InChI is InChI=1S/C31H33F3N6O2/c1-31(2,3)42-30(41)38-12-9-22(10-13-38)40-17-19(16-36-40)23-8-11-35-26-6-7-28(37-29(23)26)39-18-21(33)15-27(39)24-14-20(32)4-5-25(24)34/h4-8,11,14,16-17,21-22,27H,9-10,12-13,15,18H2,1-3H3/t21-,27+/m0/s1. The highest BCUT2D eigenvalue weighted by molar-refractivity contribution is 5.91. The number of carbonyl (C=O) groups excluding carboxylic acids is 1. The summed E-state index contributed by atoms with van der Waals surface area (Å²) in [7, 11) is 0. The van der Waals surface area contributed by atoms with Crippen LogP contribution in [0.1, 0.15) is 57.7 Å². The number of fused-ring (bicyclic) bond motifs is 1. The Hall–Kier alpha value is -4.15. The fourth-order valence-corrected chi connectivity index (χ4v) is 5.83. The summed E-state index contributed by atoms with van der Waals surface area (Å²) in [6.07, 6.45) is 5.48. The van der Waals surface area contributed by atoms with Crippen molar-refractivity contribution in [1.82, 2.24) is 24.6 Å². The molecule has 1 amide bonds. The number of benzene rings is 1. The molecule has 8 nitrogen and oxygen atoms in total. The number of carbonyl (C=O) groups is 1. The Morgan fingerprint density at radius 3 is 2.62 bits per heavy atom. The Morgan fingerprint density at radius 2 is 1.86 bits per heavy atom. The third-order valence-electron chi connectivity index (χ3n) is 7.83. The lowest BCUT2D eigenvalue weighted by Gasteiger charge is -2.33. The molecule has 0 spiro atoms. The van der Waals surface area contributed by atoms with Gasteiger partial charge >= 0.3 is 6.09 Å². The number of alkyl halides is 1. The number of aromatic nitrogens is 4. The number of rotatable bonds is 4. The third kappa shape index (κ3) is 5.64. The first-order valence-corrected chi connectivity index (χ1v) is 14.2. The number of nitrogens with zero attached hydrogens (tertiary/aromatic N) is 6. The molecule has 0 unspecified atom stereocenters. The molecule has 2 saturated heterocycles. The molecule has 220 valence electrons. The van der Waals surface area contributed by atoms with Gasteiger partial charge < -0.3 is 14.5 Å². The lowest BCUT2D eigenvalue weighted by Crippen LogP contribution is -2.42. The van der Waals surface area contributed by atoms with Crippen LogP contribution in [0.25, 0.3) is 22.2 Å². The number of hydrogen-bond donors (Lipinski definition) is 0. The molecule has 2 fully saturated rings. The zero-order valence-electron chi connectivity index (χ0n) is 23.8. The molecule has 11 heteroatoms. The summed E-state index contributed by atoms with van der Waals surface area (Å²) in [6, 6.07) is 8.11. The van der Waals surface area contributed by atoms with Crippen LogP contribution < -0.4 is 4.90 Å². The lowest BCUT2D eigenvalue weighted by atomic mass is 10.0. The number of hydrogen-bond acceptors (Lipinski definition) is 6. The maximum absolute atomic E-state index is 14.7. The predicted octanol–water partition coefficient (Wildman–Crippen LogP) is 6.63. The summed E-state index contributed by atoms with van der Waals surface area (Å²) >= 11 is 0. The van der Waals surface area contributed by atoms with Crippen molar-refractivity contribution in [1.29, 1.82) is 0 Å².